The molecule has 0 unspecified atom stereocenters. The number of halogens is 3. The molecule has 1 heterocycles. The average Bonchev–Trinajstić information content (AvgIpc) is 2.53. The van der Waals surface area contributed by atoms with E-state index in [1.165, 1.54) is 6.07 Å². The first-order chi connectivity index (χ1) is 11.3. The van der Waals surface area contributed by atoms with Crippen LogP contribution in [0.4, 0.5) is 24.5 Å². The molecule has 0 radical (unpaired) electrons. The van der Waals surface area contributed by atoms with Gasteiger partial charge >= 0.3 is 12.1 Å². The SMILES string of the molecule is O=C(O)/C=C/C(=O)Nc1cc(C(F)(F)F)ccc1N1CCCCC1. The molecule has 1 aliphatic rings. The monoisotopic (exact) mass is 342 g/mol. The molecule has 8 heteroatoms. The fourth-order valence-electron chi connectivity index (χ4n) is 2.54. The number of alkyl halides is 3. The maximum absolute atomic E-state index is 12.9. The molecule has 1 aliphatic heterocycles. The molecule has 1 amide bonds. The fourth-order valence-corrected chi connectivity index (χ4v) is 2.54. The van der Waals surface area contributed by atoms with Crippen LogP contribution in [0.3, 0.4) is 0 Å². The van der Waals surface area contributed by atoms with E-state index in [-0.39, 0.29) is 5.69 Å². The summed E-state index contributed by atoms with van der Waals surface area (Å²) in [7, 11) is 0. The van der Waals surface area contributed by atoms with E-state index in [1.807, 2.05) is 4.90 Å². The van der Waals surface area contributed by atoms with Gasteiger partial charge in [-0.2, -0.15) is 13.2 Å². The third-order valence-corrected chi connectivity index (χ3v) is 3.66. The number of hydrogen-bond donors (Lipinski definition) is 2. The lowest BCUT2D eigenvalue weighted by Crippen LogP contribution is -2.30. The Hall–Kier alpha value is -2.51. The first-order valence-corrected chi connectivity index (χ1v) is 7.45. The van der Waals surface area contributed by atoms with E-state index in [0.717, 1.165) is 37.5 Å². The minimum Gasteiger partial charge on any atom is -0.478 e. The summed E-state index contributed by atoms with van der Waals surface area (Å²) in [6.45, 7) is 1.39. The zero-order valence-electron chi connectivity index (χ0n) is 12.8. The van der Waals surface area contributed by atoms with Crippen molar-refractivity contribution in [1.82, 2.24) is 0 Å². The van der Waals surface area contributed by atoms with Crippen molar-refractivity contribution in [1.29, 1.82) is 0 Å². The van der Waals surface area contributed by atoms with Crippen LogP contribution in [0.1, 0.15) is 24.8 Å². The number of anilines is 2. The highest BCUT2D eigenvalue weighted by Crippen LogP contribution is 2.36. The van der Waals surface area contributed by atoms with Crippen LogP contribution in [-0.4, -0.2) is 30.1 Å². The summed E-state index contributed by atoms with van der Waals surface area (Å²) in [6.07, 6.45) is -0.232. The van der Waals surface area contributed by atoms with Crippen molar-refractivity contribution < 1.29 is 27.9 Å². The fraction of sp³-hybridized carbons (Fsp3) is 0.375. The van der Waals surface area contributed by atoms with Crippen LogP contribution in [-0.2, 0) is 15.8 Å². The van der Waals surface area contributed by atoms with Gasteiger partial charge in [0.15, 0.2) is 0 Å². The Kier molecular flexibility index (Phi) is 5.48. The van der Waals surface area contributed by atoms with E-state index >= 15 is 0 Å². The third kappa shape index (κ3) is 4.74. The normalized spacial score (nSPS) is 15.5. The van der Waals surface area contributed by atoms with E-state index in [0.29, 0.717) is 24.9 Å². The molecule has 2 rings (SSSR count). The van der Waals surface area contributed by atoms with Crippen LogP contribution in [0.5, 0.6) is 0 Å². The van der Waals surface area contributed by atoms with E-state index in [1.54, 1.807) is 0 Å². The second kappa shape index (κ2) is 7.37. The molecule has 5 nitrogen and oxygen atoms in total. The van der Waals surface area contributed by atoms with Crippen molar-refractivity contribution in [2.24, 2.45) is 0 Å². The number of carboxylic acids is 1. The number of rotatable bonds is 4. The van der Waals surface area contributed by atoms with Crippen LogP contribution in [0, 0.1) is 0 Å². The van der Waals surface area contributed by atoms with Gasteiger partial charge in [0.2, 0.25) is 5.91 Å². The molecule has 0 spiro atoms. The number of nitrogens with zero attached hydrogens (tertiary/aromatic N) is 1. The van der Waals surface area contributed by atoms with Gasteiger partial charge in [0.25, 0.3) is 0 Å². The molecule has 24 heavy (non-hydrogen) atoms. The lowest BCUT2D eigenvalue weighted by molar-refractivity contribution is -0.137. The number of hydrogen-bond acceptors (Lipinski definition) is 3. The lowest BCUT2D eigenvalue weighted by atomic mass is 10.1. The predicted molar refractivity (Wildman–Crippen MR) is 82.9 cm³/mol. The number of aliphatic carboxylic acids is 1. The number of benzene rings is 1. The van der Waals surface area contributed by atoms with Gasteiger partial charge < -0.3 is 15.3 Å². The molecule has 1 saturated heterocycles. The first kappa shape index (κ1) is 17.8. The van der Waals surface area contributed by atoms with Crippen molar-refractivity contribution in [2.75, 3.05) is 23.3 Å². The van der Waals surface area contributed by atoms with Gasteiger partial charge in [-0.3, -0.25) is 4.79 Å². The summed E-state index contributed by atoms with van der Waals surface area (Å²) in [4.78, 5) is 24.1. The molecule has 2 N–H and O–H groups in total. The van der Waals surface area contributed by atoms with Gasteiger partial charge in [0.1, 0.15) is 0 Å². The highest BCUT2D eigenvalue weighted by atomic mass is 19.4. The Balaban J connectivity index is 2.32. The highest BCUT2D eigenvalue weighted by Gasteiger charge is 2.31. The van der Waals surface area contributed by atoms with Gasteiger partial charge in [-0.15, -0.1) is 0 Å². The molecule has 1 fully saturated rings. The minimum absolute atomic E-state index is 0.0202. The molecule has 0 aliphatic carbocycles. The number of carbonyl (C=O) groups excluding carboxylic acids is 1. The summed E-state index contributed by atoms with van der Waals surface area (Å²) in [5.74, 6) is -2.11. The quantitative estimate of drug-likeness (QED) is 0.824. The first-order valence-electron chi connectivity index (χ1n) is 7.45. The van der Waals surface area contributed by atoms with Crippen molar-refractivity contribution in [3.63, 3.8) is 0 Å². The van der Waals surface area contributed by atoms with Crippen molar-refractivity contribution in [2.45, 2.75) is 25.4 Å². The van der Waals surface area contributed by atoms with E-state index in [2.05, 4.69) is 5.32 Å². The summed E-state index contributed by atoms with van der Waals surface area (Å²) in [6, 6.07) is 3.19. The topological polar surface area (TPSA) is 69.6 Å². The van der Waals surface area contributed by atoms with E-state index in [4.69, 9.17) is 5.11 Å². The van der Waals surface area contributed by atoms with Gasteiger partial charge in [-0.1, -0.05) is 0 Å². The highest BCUT2D eigenvalue weighted by molar-refractivity contribution is 6.04. The third-order valence-electron chi connectivity index (χ3n) is 3.66. The number of piperidine rings is 1. The van der Waals surface area contributed by atoms with Gasteiger partial charge in [0.05, 0.1) is 16.9 Å². The Labute approximate surface area is 136 Å². The Bertz CT molecular complexity index is 650. The molecular formula is C16H17F3N2O3. The van der Waals surface area contributed by atoms with Crippen molar-refractivity contribution in [3.8, 4) is 0 Å². The van der Waals surface area contributed by atoms with Crippen LogP contribution in [0.25, 0.3) is 0 Å². The smallest absolute Gasteiger partial charge is 0.416 e. The zero-order chi connectivity index (χ0) is 17.7. The van der Waals surface area contributed by atoms with Gasteiger partial charge in [-0.05, 0) is 37.5 Å². The zero-order valence-corrected chi connectivity index (χ0v) is 12.8. The van der Waals surface area contributed by atoms with Crippen LogP contribution >= 0.6 is 0 Å². The molecule has 1 aromatic rings. The maximum Gasteiger partial charge on any atom is 0.416 e. The number of nitrogens with one attached hydrogen (secondary N) is 1. The molecular weight excluding hydrogens is 325 g/mol. The second-order valence-electron chi connectivity index (χ2n) is 5.44. The number of amides is 1. The maximum atomic E-state index is 12.9. The summed E-state index contributed by atoms with van der Waals surface area (Å²) < 4.78 is 38.7. The van der Waals surface area contributed by atoms with Crippen LogP contribution in [0.15, 0.2) is 30.4 Å². The predicted octanol–water partition coefficient (Wildman–Crippen LogP) is 3.28. The standard InChI is InChI=1S/C16H17F3N2O3/c17-16(18,19)11-4-5-13(21-8-2-1-3-9-21)12(10-11)20-14(22)6-7-15(23)24/h4-7,10H,1-3,8-9H2,(H,20,22)(H,23,24)/b7-6+. The molecule has 130 valence electrons. The van der Waals surface area contributed by atoms with Crippen LogP contribution < -0.4 is 10.2 Å². The Morgan fingerprint density at radius 1 is 1.12 bits per heavy atom. The number of carbonyl (C=O) groups is 2. The molecule has 1 aromatic carbocycles. The minimum atomic E-state index is -4.53. The van der Waals surface area contributed by atoms with Crippen molar-refractivity contribution >= 4 is 23.3 Å². The number of carboxylic acid groups (broad SMARTS) is 1. The molecule has 0 saturated carbocycles. The largest absolute Gasteiger partial charge is 0.478 e. The van der Waals surface area contributed by atoms with Crippen molar-refractivity contribution in [3.05, 3.63) is 35.9 Å². The second-order valence-corrected chi connectivity index (χ2v) is 5.44. The summed E-state index contributed by atoms with van der Waals surface area (Å²) in [5.41, 5.74) is -0.354. The van der Waals surface area contributed by atoms with E-state index in [9.17, 15) is 22.8 Å². The van der Waals surface area contributed by atoms with Gasteiger partial charge in [-0.25, -0.2) is 4.79 Å². The van der Waals surface area contributed by atoms with E-state index < -0.39 is 23.6 Å². The summed E-state index contributed by atoms with van der Waals surface area (Å²) >= 11 is 0. The lowest BCUT2D eigenvalue weighted by Gasteiger charge is -2.31. The summed E-state index contributed by atoms with van der Waals surface area (Å²) in [5, 5.41) is 10.9. The average molecular weight is 342 g/mol. The molecule has 0 bridgehead atoms. The van der Waals surface area contributed by atoms with Gasteiger partial charge in [0, 0.05) is 25.2 Å². The Morgan fingerprint density at radius 2 is 1.79 bits per heavy atom. The van der Waals surface area contributed by atoms with Crippen LogP contribution in [0.2, 0.25) is 0 Å². The molecule has 0 atom stereocenters. The molecule has 0 aromatic heterocycles. The Morgan fingerprint density at radius 3 is 2.38 bits per heavy atom.